The minimum absolute atomic E-state index is 0.154. The molecule has 0 fully saturated rings. The van der Waals surface area contributed by atoms with Crippen LogP contribution in [0.1, 0.15) is 5.56 Å². The lowest BCUT2D eigenvalue weighted by molar-refractivity contribution is -0.386. The summed E-state index contributed by atoms with van der Waals surface area (Å²) in [4.78, 5) is 10.7. The van der Waals surface area contributed by atoms with Gasteiger partial charge < -0.3 is 14.8 Å². The third kappa shape index (κ3) is 3.49. The Morgan fingerprint density at radius 2 is 1.90 bits per heavy atom. The van der Waals surface area contributed by atoms with E-state index in [4.69, 9.17) is 9.47 Å². The number of hydrogen-bond donors (Lipinski definition) is 1. The third-order valence-electron chi connectivity index (χ3n) is 2.87. The van der Waals surface area contributed by atoms with Crippen molar-refractivity contribution in [3.05, 3.63) is 58.1 Å². The Balaban J connectivity index is 2.35. The van der Waals surface area contributed by atoms with Gasteiger partial charge in [0.1, 0.15) is 5.75 Å². The van der Waals surface area contributed by atoms with Gasteiger partial charge in [0.15, 0.2) is 0 Å². The van der Waals surface area contributed by atoms with Crippen molar-refractivity contribution in [1.82, 2.24) is 5.32 Å². The molecular weight excluding hydrogens is 272 g/mol. The number of para-hydroxylation sites is 1. The number of nitrogens with one attached hydrogen (secondary N) is 1. The SMILES string of the molecule is CNCc1cccc(Oc2cccc(OC)c2[N+](=O)[O-])c1. The second kappa shape index (κ2) is 6.71. The lowest BCUT2D eigenvalue weighted by Crippen LogP contribution is -2.04. The van der Waals surface area contributed by atoms with E-state index in [1.165, 1.54) is 13.2 Å². The summed E-state index contributed by atoms with van der Waals surface area (Å²) < 4.78 is 10.7. The van der Waals surface area contributed by atoms with Crippen molar-refractivity contribution in [2.45, 2.75) is 6.54 Å². The number of methoxy groups -OCH3 is 1. The van der Waals surface area contributed by atoms with E-state index >= 15 is 0 Å². The Kier molecular flexibility index (Phi) is 4.73. The molecule has 2 aromatic rings. The highest BCUT2D eigenvalue weighted by Gasteiger charge is 2.22. The predicted octanol–water partition coefficient (Wildman–Crippen LogP) is 3.12. The lowest BCUT2D eigenvalue weighted by atomic mass is 10.2. The molecule has 0 aliphatic rings. The van der Waals surface area contributed by atoms with Crippen LogP contribution < -0.4 is 14.8 Å². The predicted molar refractivity (Wildman–Crippen MR) is 78.9 cm³/mol. The molecule has 0 atom stereocenters. The normalized spacial score (nSPS) is 10.2. The van der Waals surface area contributed by atoms with E-state index < -0.39 is 4.92 Å². The van der Waals surface area contributed by atoms with E-state index in [2.05, 4.69) is 5.32 Å². The molecule has 0 amide bonds. The van der Waals surface area contributed by atoms with Crippen molar-refractivity contribution in [3.63, 3.8) is 0 Å². The molecule has 0 aliphatic heterocycles. The summed E-state index contributed by atoms with van der Waals surface area (Å²) in [5, 5.41) is 14.2. The maximum atomic E-state index is 11.2. The summed E-state index contributed by atoms with van der Waals surface area (Å²) >= 11 is 0. The summed E-state index contributed by atoms with van der Waals surface area (Å²) in [6, 6.07) is 12.1. The molecule has 2 rings (SSSR count). The van der Waals surface area contributed by atoms with Crippen molar-refractivity contribution < 1.29 is 14.4 Å². The van der Waals surface area contributed by atoms with E-state index in [1.54, 1.807) is 18.2 Å². The average molecular weight is 288 g/mol. The number of nitrogens with zero attached hydrogens (tertiary/aromatic N) is 1. The van der Waals surface area contributed by atoms with Gasteiger partial charge in [0.25, 0.3) is 0 Å². The van der Waals surface area contributed by atoms with Crippen molar-refractivity contribution in [1.29, 1.82) is 0 Å². The topological polar surface area (TPSA) is 73.6 Å². The van der Waals surface area contributed by atoms with Crippen molar-refractivity contribution in [2.24, 2.45) is 0 Å². The molecular formula is C15H16N2O4. The first-order valence-corrected chi connectivity index (χ1v) is 6.38. The van der Waals surface area contributed by atoms with Gasteiger partial charge in [-0.3, -0.25) is 10.1 Å². The van der Waals surface area contributed by atoms with Gasteiger partial charge in [-0.2, -0.15) is 0 Å². The van der Waals surface area contributed by atoms with Gasteiger partial charge in [0.05, 0.1) is 12.0 Å². The van der Waals surface area contributed by atoms with Gasteiger partial charge in [-0.15, -0.1) is 0 Å². The first-order chi connectivity index (χ1) is 10.2. The average Bonchev–Trinajstić information content (AvgIpc) is 2.47. The van der Waals surface area contributed by atoms with Crippen LogP contribution in [-0.4, -0.2) is 19.1 Å². The molecule has 0 aliphatic carbocycles. The number of rotatable bonds is 6. The first kappa shape index (κ1) is 14.8. The molecule has 110 valence electrons. The molecule has 21 heavy (non-hydrogen) atoms. The van der Waals surface area contributed by atoms with Gasteiger partial charge in [-0.1, -0.05) is 18.2 Å². The molecule has 0 unspecified atom stereocenters. The van der Waals surface area contributed by atoms with Crippen LogP contribution in [0.4, 0.5) is 5.69 Å². The lowest BCUT2D eigenvalue weighted by Gasteiger charge is -2.09. The zero-order valence-electron chi connectivity index (χ0n) is 11.8. The van der Waals surface area contributed by atoms with Gasteiger partial charge in [0.2, 0.25) is 11.5 Å². The zero-order valence-corrected chi connectivity index (χ0v) is 11.8. The molecule has 0 radical (unpaired) electrons. The first-order valence-electron chi connectivity index (χ1n) is 6.38. The number of nitro benzene ring substituents is 1. The van der Waals surface area contributed by atoms with E-state index in [1.807, 2.05) is 25.2 Å². The van der Waals surface area contributed by atoms with Crippen molar-refractivity contribution in [3.8, 4) is 17.2 Å². The highest BCUT2D eigenvalue weighted by molar-refractivity contribution is 5.58. The van der Waals surface area contributed by atoms with Crippen molar-refractivity contribution >= 4 is 5.69 Å². The minimum atomic E-state index is -0.508. The Morgan fingerprint density at radius 1 is 1.19 bits per heavy atom. The standard InChI is InChI=1S/C15H16N2O4/c1-16-10-11-5-3-6-12(9-11)21-14-8-4-7-13(20-2)15(14)17(18)19/h3-9,16H,10H2,1-2H3. The van der Waals surface area contributed by atoms with Crippen LogP contribution >= 0.6 is 0 Å². The zero-order chi connectivity index (χ0) is 15.2. The van der Waals surface area contributed by atoms with Crippen LogP contribution in [0.25, 0.3) is 0 Å². The van der Waals surface area contributed by atoms with Gasteiger partial charge in [-0.05, 0) is 36.9 Å². The summed E-state index contributed by atoms with van der Waals surface area (Å²) in [5.41, 5.74) is 0.847. The van der Waals surface area contributed by atoms with Crippen molar-refractivity contribution in [2.75, 3.05) is 14.2 Å². The molecule has 0 heterocycles. The molecule has 0 saturated heterocycles. The van der Waals surface area contributed by atoms with E-state index in [0.29, 0.717) is 12.3 Å². The molecule has 6 heteroatoms. The monoisotopic (exact) mass is 288 g/mol. The van der Waals surface area contributed by atoms with E-state index in [0.717, 1.165) is 5.56 Å². The fraction of sp³-hybridized carbons (Fsp3) is 0.200. The molecule has 0 aromatic heterocycles. The molecule has 0 bridgehead atoms. The molecule has 2 aromatic carbocycles. The molecule has 6 nitrogen and oxygen atoms in total. The number of nitro groups is 1. The number of hydrogen-bond acceptors (Lipinski definition) is 5. The summed E-state index contributed by atoms with van der Waals surface area (Å²) in [7, 11) is 3.24. The largest absolute Gasteiger partial charge is 0.490 e. The second-order valence-corrected chi connectivity index (χ2v) is 4.34. The van der Waals surface area contributed by atoms with Crippen LogP contribution in [0.3, 0.4) is 0 Å². The third-order valence-corrected chi connectivity index (χ3v) is 2.87. The summed E-state index contributed by atoms with van der Waals surface area (Å²) in [6.45, 7) is 0.692. The Bertz CT molecular complexity index is 643. The Labute approximate surface area is 122 Å². The number of benzene rings is 2. The van der Waals surface area contributed by atoms with Gasteiger partial charge >= 0.3 is 5.69 Å². The molecule has 0 spiro atoms. The Hall–Kier alpha value is -2.60. The maximum absolute atomic E-state index is 11.2. The van der Waals surface area contributed by atoms with Crippen LogP contribution in [-0.2, 0) is 6.54 Å². The fourth-order valence-corrected chi connectivity index (χ4v) is 1.98. The molecule has 1 N–H and O–H groups in total. The second-order valence-electron chi connectivity index (χ2n) is 4.34. The van der Waals surface area contributed by atoms with Crippen LogP contribution in [0.15, 0.2) is 42.5 Å². The van der Waals surface area contributed by atoms with Gasteiger partial charge in [-0.25, -0.2) is 0 Å². The van der Waals surface area contributed by atoms with E-state index in [9.17, 15) is 10.1 Å². The smallest absolute Gasteiger partial charge is 0.352 e. The van der Waals surface area contributed by atoms with Gasteiger partial charge in [0, 0.05) is 6.54 Å². The van der Waals surface area contributed by atoms with Crippen LogP contribution in [0, 0.1) is 10.1 Å². The minimum Gasteiger partial charge on any atom is -0.490 e. The quantitative estimate of drug-likeness (QED) is 0.653. The highest BCUT2D eigenvalue weighted by atomic mass is 16.6. The fourth-order valence-electron chi connectivity index (χ4n) is 1.98. The van der Waals surface area contributed by atoms with E-state index in [-0.39, 0.29) is 17.2 Å². The summed E-state index contributed by atoms with van der Waals surface area (Å²) in [5.74, 6) is 0.865. The molecule has 0 saturated carbocycles. The number of ether oxygens (including phenoxy) is 2. The van der Waals surface area contributed by atoms with Crippen LogP contribution in [0.2, 0.25) is 0 Å². The van der Waals surface area contributed by atoms with Crippen LogP contribution in [0.5, 0.6) is 17.2 Å². The summed E-state index contributed by atoms with van der Waals surface area (Å²) in [6.07, 6.45) is 0. The maximum Gasteiger partial charge on any atom is 0.352 e. The highest BCUT2D eigenvalue weighted by Crippen LogP contribution is 2.38. The Morgan fingerprint density at radius 3 is 2.57 bits per heavy atom.